The van der Waals surface area contributed by atoms with Crippen LogP contribution in [0.3, 0.4) is 0 Å². The third-order valence-electron chi connectivity index (χ3n) is 1.73. The molecule has 0 fully saturated rings. The number of imidazole rings is 1. The first-order valence-electron chi connectivity index (χ1n) is 3.67. The number of pyridine rings is 1. The predicted molar refractivity (Wildman–Crippen MR) is 53.2 cm³/mol. The van der Waals surface area contributed by atoms with E-state index in [4.69, 9.17) is 22.3 Å². The molecule has 0 aliphatic rings. The lowest BCUT2D eigenvalue weighted by Crippen LogP contribution is -1.98. The Morgan fingerprint density at radius 3 is 2.67 bits per heavy atom. The van der Waals surface area contributed by atoms with Crippen LogP contribution < -0.4 is 0 Å². The third kappa shape index (κ3) is 1.80. The lowest BCUT2D eigenvalue weighted by molar-refractivity contribution is 0.600. The smallest absolute Gasteiger partial charge is 0.280 e. The Hall–Kier alpha value is -0.850. The van der Waals surface area contributed by atoms with E-state index in [0.29, 0.717) is 0 Å². The lowest BCUT2D eigenvalue weighted by atomic mass is 10.5. The summed E-state index contributed by atoms with van der Waals surface area (Å²) in [7, 11) is 1.08. The van der Waals surface area contributed by atoms with Gasteiger partial charge in [-0.1, -0.05) is 11.6 Å². The number of hydrogen-bond acceptors (Lipinski definition) is 3. The second kappa shape index (κ2) is 3.33. The number of fused-ring (bicyclic) bond motifs is 1. The fourth-order valence-corrected chi connectivity index (χ4v) is 2.86. The Morgan fingerprint density at radius 1 is 1.40 bits per heavy atom. The largest absolute Gasteiger partial charge is 0.285 e. The van der Waals surface area contributed by atoms with Gasteiger partial charge in [-0.15, -0.1) is 0 Å². The highest BCUT2D eigenvalue weighted by molar-refractivity contribution is 8.13. The average Bonchev–Trinajstić information content (AvgIpc) is 2.38. The molecule has 2 aromatic heterocycles. The van der Waals surface area contributed by atoms with E-state index in [-0.39, 0.29) is 10.8 Å². The van der Waals surface area contributed by atoms with Crippen molar-refractivity contribution in [3.05, 3.63) is 29.3 Å². The molecule has 0 aliphatic carbocycles. The molecule has 2 aromatic rings. The molecule has 0 saturated carbocycles. The average molecular weight is 269 g/mol. The zero-order valence-corrected chi connectivity index (χ0v) is 9.31. The fraction of sp³-hybridized carbons (Fsp3) is 0. The standard InChI is InChI=1S/C7H3Cl2FN2O2S/c8-6-7(15(9,13)14)12-3-4(10)1-2-5(12)11-6/h1-3H. The summed E-state index contributed by atoms with van der Waals surface area (Å²) < 4.78 is 36.1. The molecule has 80 valence electrons. The maximum Gasteiger partial charge on any atom is 0.280 e. The van der Waals surface area contributed by atoms with Crippen LogP contribution in [0, 0.1) is 5.82 Å². The van der Waals surface area contributed by atoms with Crippen molar-refractivity contribution in [2.45, 2.75) is 5.03 Å². The molecular weight excluding hydrogens is 266 g/mol. The molecule has 2 heterocycles. The minimum atomic E-state index is -4.06. The second-order valence-corrected chi connectivity index (χ2v) is 5.56. The molecule has 2 rings (SSSR count). The van der Waals surface area contributed by atoms with E-state index in [1.807, 2.05) is 0 Å². The molecule has 8 heteroatoms. The molecular formula is C7H3Cl2FN2O2S. The van der Waals surface area contributed by atoms with Gasteiger partial charge in [0.15, 0.2) is 10.2 Å². The number of nitrogens with zero attached hydrogens (tertiary/aromatic N) is 2. The fourth-order valence-electron chi connectivity index (χ4n) is 1.19. The summed E-state index contributed by atoms with van der Waals surface area (Å²) in [5.74, 6) is -0.613. The predicted octanol–water partition coefficient (Wildman–Crippen LogP) is 2.05. The summed E-state index contributed by atoms with van der Waals surface area (Å²) in [6.45, 7) is 0. The van der Waals surface area contributed by atoms with Gasteiger partial charge in [0.2, 0.25) is 0 Å². The Balaban J connectivity index is 2.95. The normalized spacial score (nSPS) is 12.2. The van der Waals surface area contributed by atoms with Gasteiger partial charge >= 0.3 is 0 Å². The molecule has 0 aliphatic heterocycles. The highest BCUT2D eigenvalue weighted by Crippen LogP contribution is 2.25. The zero-order chi connectivity index (χ0) is 11.2. The van der Waals surface area contributed by atoms with Gasteiger partial charge in [0.25, 0.3) is 9.05 Å². The molecule has 0 unspecified atom stereocenters. The van der Waals surface area contributed by atoms with E-state index in [1.54, 1.807) is 0 Å². The van der Waals surface area contributed by atoms with Crippen molar-refractivity contribution >= 4 is 37.0 Å². The van der Waals surface area contributed by atoms with Gasteiger partial charge < -0.3 is 0 Å². The molecule has 0 radical (unpaired) electrons. The van der Waals surface area contributed by atoms with Gasteiger partial charge in [0.05, 0.1) is 0 Å². The molecule has 0 spiro atoms. The first-order chi connectivity index (χ1) is 6.89. The van der Waals surface area contributed by atoms with Crippen molar-refractivity contribution in [3.63, 3.8) is 0 Å². The van der Waals surface area contributed by atoms with Crippen LogP contribution >= 0.6 is 22.3 Å². The summed E-state index contributed by atoms with van der Waals surface area (Å²) in [4.78, 5) is 3.72. The summed E-state index contributed by atoms with van der Waals surface area (Å²) in [6.07, 6.45) is 0.948. The highest BCUT2D eigenvalue weighted by atomic mass is 35.7. The minimum Gasteiger partial charge on any atom is -0.285 e. The minimum absolute atomic E-state index is 0.209. The Kier molecular flexibility index (Phi) is 2.37. The van der Waals surface area contributed by atoms with Crippen LogP contribution in [0.4, 0.5) is 4.39 Å². The maximum atomic E-state index is 12.9. The van der Waals surface area contributed by atoms with Gasteiger partial charge in [0.1, 0.15) is 11.5 Å². The van der Waals surface area contributed by atoms with Crippen molar-refractivity contribution in [2.75, 3.05) is 0 Å². The molecule has 0 amide bonds. The Bertz CT molecular complexity index is 638. The van der Waals surface area contributed by atoms with Crippen LogP contribution in [0.15, 0.2) is 23.4 Å². The molecule has 0 aromatic carbocycles. The van der Waals surface area contributed by atoms with E-state index < -0.39 is 19.9 Å². The van der Waals surface area contributed by atoms with E-state index in [0.717, 1.165) is 16.7 Å². The highest BCUT2D eigenvalue weighted by Gasteiger charge is 2.22. The van der Waals surface area contributed by atoms with Crippen molar-refractivity contribution < 1.29 is 12.8 Å². The molecule has 0 atom stereocenters. The Morgan fingerprint density at radius 2 is 2.07 bits per heavy atom. The first-order valence-corrected chi connectivity index (χ1v) is 6.36. The van der Waals surface area contributed by atoms with E-state index >= 15 is 0 Å². The van der Waals surface area contributed by atoms with Gasteiger partial charge in [-0.2, -0.15) is 0 Å². The van der Waals surface area contributed by atoms with Crippen LogP contribution in [-0.4, -0.2) is 17.8 Å². The first kappa shape index (κ1) is 10.7. The molecule has 0 saturated heterocycles. The van der Waals surface area contributed by atoms with Crippen LogP contribution in [0.1, 0.15) is 0 Å². The van der Waals surface area contributed by atoms with Crippen molar-refractivity contribution in [1.82, 2.24) is 9.38 Å². The number of hydrogen-bond donors (Lipinski definition) is 0. The van der Waals surface area contributed by atoms with E-state index in [2.05, 4.69) is 4.98 Å². The maximum absolute atomic E-state index is 12.9. The van der Waals surface area contributed by atoms with Crippen LogP contribution in [0.2, 0.25) is 5.15 Å². The van der Waals surface area contributed by atoms with Gasteiger partial charge in [-0.3, -0.25) is 4.40 Å². The number of rotatable bonds is 1. The van der Waals surface area contributed by atoms with Crippen molar-refractivity contribution in [2.24, 2.45) is 0 Å². The number of halogens is 3. The summed E-state index contributed by atoms with van der Waals surface area (Å²) in [5, 5.41) is -0.712. The third-order valence-corrected chi connectivity index (χ3v) is 3.40. The molecule has 15 heavy (non-hydrogen) atoms. The van der Waals surface area contributed by atoms with Crippen LogP contribution in [0.5, 0.6) is 0 Å². The van der Waals surface area contributed by atoms with E-state index in [9.17, 15) is 12.8 Å². The second-order valence-electron chi connectivity index (χ2n) is 2.72. The summed E-state index contributed by atoms with van der Waals surface area (Å²) in [5.41, 5.74) is 0.209. The van der Waals surface area contributed by atoms with Gasteiger partial charge in [-0.05, 0) is 12.1 Å². The van der Waals surface area contributed by atoms with Crippen LogP contribution in [0.25, 0.3) is 5.65 Å². The summed E-state index contributed by atoms with van der Waals surface area (Å²) >= 11 is 5.59. The van der Waals surface area contributed by atoms with Gasteiger partial charge in [0, 0.05) is 16.9 Å². The summed E-state index contributed by atoms with van der Waals surface area (Å²) in [6, 6.07) is 2.44. The van der Waals surface area contributed by atoms with E-state index in [1.165, 1.54) is 6.07 Å². The Labute approximate surface area is 93.7 Å². The monoisotopic (exact) mass is 268 g/mol. The van der Waals surface area contributed by atoms with Crippen molar-refractivity contribution in [1.29, 1.82) is 0 Å². The topological polar surface area (TPSA) is 51.4 Å². The molecule has 0 N–H and O–H groups in total. The van der Waals surface area contributed by atoms with Gasteiger partial charge in [-0.25, -0.2) is 17.8 Å². The SMILES string of the molecule is O=S(=O)(Cl)c1c(Cl)nc2ccc(F)cn12. The zero-order valence-electron chi connectivity index (χ0n) is 6.99. The number of aromatic nitrogens is 2. The molecule has 0 bridgehead atoms. The van der Waals surface area contributed by atoms with Crippen molar-refractivity contribution in [3.8, 4) is 0 Å². The quantitative estimate of drug-likeness (QED) is 0.744. The van der Waals surface area contributed by atoms with Crippen LogP contribution in [-0.2, 0) is 9.05 Å². The molecule has 4 nitrogen and oxygen atoms in total. The lowest BCUT2D eigenvalue weighted by Gasteiger charge is -1.97.